The van der Waals surface area contributed by atoms with E-state index < -0.39 is 18.0 Å². The van der Waals surface area contributed by atoms with Gasteiger partial charge in [-0.15, -0.1) is 0 Å². The van der Waals surface area contributed by atoms with Gasteiger partial charge in [0, 0.05) is 18.7 Å². The summed E-state index contributed by atoms with van der Waals surface area (Å²) in [5.41, 5.74) is 0.576. The van der Waals surface area contributed by atoms with Gasteiger partial charge >= 0.3 is 6.18 Å². The lowest BCUT2D eigenvalue weighted by atomic mass is 9.96. The molecule has 1 aromatic carbocycles. The SMILES string of the molecule is N#Cc1cccc(C(=O)N2CCC[C@H](C(F)(F)F)C2)c1. The summed E-state index contributed by atoms with van der Waals surface area (Å²) in [4.78, 5) is 13.4. The zero-order chi connectivity index (χ0) is 14.8. The molecular weight excluding hydrogens is 269 g/mol. The highest BCUT2D eigenvalue weighted by Crippen LogP contribution is 2.33. The molecule has 1 aliphatic heterocycles. The van der Waals surface area contributed by atoms with E-state index in [9.17, 15) is 18.0 Å². The number of piperidine rings is 1. The van der Waals surface area contributed by atoms with Crippen molar-refractivity contribution in [1.29, 1.82) is 5.26 Å². The second-order valence-electron chi connectivity index (χ2n) is 4.82. The van der Waals surface area contributed by atoms with Crippen LogP contribution >= 0.6 is 0 Å². The first-order chi connectivity index (χ1) is 9.41. The van der Waals surface area contributed by atoms with E-state index in [4.69, 9.17) is 5.26 Å². The standard InChI is InChI=1S/C14H13F3N2O/c15-14(16,17)12-5-2-6-19(9-12)13(20)11-4-1-3-10(7-11)8-18/h1,3-4,7,12H,2,5-6,9H2/t12-/m0/s1. The van der Waals surface area contributed by atoms with Crippen molar-refractivity contribution < 1.29 is 18.0 Å². The molecule has 1 saturated heterocycles. The van der Waals surface area contributed by atoms with Crippen LogP contribution in [0.1, 0.15) is 28.8 Å². The molecule has 2 rings (SSSR count). The van der Waals surface area contributed by atoms with Crippen LogP contribution in [0.25, 0.3) is 0 Å². The van der Waals surface area contributed by atoms with Gasteiger partial charge in [0.15, 0.2) is 0 Å². The lowest BCUT2D eigenvalue weighted by Crippen LogP contribution is -2.44. The Balaban J connectivity index is 2.14. The van der Waals surface area contributed by atoms with E-state index in [1.807, 2.05) is 6.07 Å². The Hall–Kier alpha value is -2.03. The third-order valence-electron chi connectivity index (χ3n) is 3.41. The van der Waals surface area contributed by atoms with Crippen LogP contribution in [0.2, 0.25) is 0 Å². The predicted molar refractivity (Wildman–Crippen MR) is 65.8 cm³/mol. The van der Waals surface area contributed by atoms with Gasteiger partial charge in [0.05, 0.1) is 17.6 Å². The maximum atomic E-state index is 12.7. The molecule has 0 radical (unpaired) electrons. The van der Waals surface area contributed by atoms with Crippen LogP contribution < -0.4 is 0 Å². The average Bonchev–Trinajstić information content (AvgIpc) is 2.46. The number of carbonyl (C=O) groups excluding carboxylic acids is 1. The van der Waals surface area contributed by atoms with Gasteiger partial charge in [0.1, 0.15) is 0 Å². The van der Waals surface area contributed by atoms with E-state index in [2.05, 4.69) is 0 Å². The number of nitriles is 1. The Bertz CT molecular complexity index is 548. The molecule has 0 unspecified atom stereocenters. The lowest BCUT2D eigenvalue weighted by Gasteiger charge is -2.33. The second-order valence-corrected chi connectivity index (χ2v) is 4.82. The fourth-order valence-corrected chi connectivity index (χ4v) is 2.33. The number of nitrogens with zero attached hydrogens (tertiary/aromatic N) is 2. The monoisotopic (exact) mass is 282 g/mol. The Morgan fingerprint density at radius 3 is 2.80 bits per heavy atom. The number of alkyl halides is 3. The number of carbonyl (C=O) groups is 1. The zero-order valence-corrected chi connectivity index (χ0v) is 10.7. The van der Waals surface area contributed by atoms with E-state index in [0.29, 0.717) is 18.5 Å². The van der Waals surface area contributed by atoms with Gasteiger partial charge in [-0.2, -0.15) is 18.4 Å². The molecule has 106 valence electrons. The first kappa shape index (κ1) is 14.4. The maximum absolute atomic E-state index is 12.7. The van der Waals surface area contributed by atoms with Gasteiger partial charge in [-0.25, -0.2) is 0 Å². The molecule has 3 nitrogen and oxygen atoms in total. The minimum absolute atomic E-state index is 0.0610. The van der Waals surface area contributed by atoms with Crippen LogP contribution in [-0.2, 0) is 0 Å². The van der Waals surface area contributed by atoms with Crippen molar-refractivity contribution in [2.24, 2.45) is 5.92 Å². The number of hydrogen-bond acceptors (Lipinski definition) is 2. The maximum Gasteiger partial charge on any atom is 0.393 e. The molecule has 1 amide bonds. The van der Waals surface area contributed by atoms with E-state index in [1.54, 1.807) is 12.1 Å². The summed E-state index contributed by atoms with van der Waals surface area (Å²) in [5.74, 6) is -1.91. The molecule has 0 aliphatic carbocycles. The number of amides is 1. The molecule has 1 fully saturated rings. The summed E-state index contributed by atoms with van der Waals surface area (Å²) in [7, 11) is 0. The molecule has 0 saturated carbocycles. The molecule has 0 spiro atoms. The first-order valence-electron chi connectivity index (χ1n) is 6.28. The smallest absolute Gasteiger partial charge is 0.338 e. The van der Waals surface area contributed by atoms with Crippen LogP contribution in [0.5, 0.6) is 0 Å². The molecule has 6 heteroatoms. The van der Waals surface area contributed by atoms with Gasteiger partial charge < -0.3 is 4.90 Å². The minimum atomic E-state index is -4.27. The van der Waals surface area contributed by atoms with Crippen LogP contribution in [0.4, 0.5) is 13.2 Å². The average molecular weight is 282 g/mol. The molecule has 1 aromatic rings. The summed E-state index contributed by atoms with van der Waals surface area (Å²) in [6.45, 7) is 0.0152. The lowest BCUT2D eigenvalue weighted by molar-refractivity contribution is -0.184. The fraction of sp³-hybridized carbons (Fsp3) is 0.429. The zero-order valence-electron chi connectivity index (χ0n) is 10.7. The third-order valence-corrected chi connectivity index (χ3v) is 3.41. The van der Waals surface area contributed by atoms with Gasteiger partial charge in [0.2, 0.25) is 0 Å². The second kappa shape index (κ2) is 5.53. The van der Waals surface area contributed by atoms with Crippen LogP contribution in [0.15, 0.2) is 24.3 Å². The summed E-state index contributed by atoms with van der Waals surface area (Å²) in [6.07, 6.45) is -3.87. The van der Waals surface area contributed by atoms with Gasteiger partial charge in [-0.05, 0) is 31.0 Å². The highest BCUT2D eigenvalue weighted by atomic mass is 19.4. The van der Waals surface area contributed by atoms with Crippen molar-refractivity contribution in [1.82, 2.24) is 4.90 Å². The highest BCUT2D eigenvalue weighted by Gasteiger charge is 2.42. The van der Waals surface area contributed by atoms with E-state index in [-0.39, 0.29) is 18.5 Å². The Morgan fingerprint density at radius 1 is 1.40 bits per heavy atom. The molecular formula is C14H13F3N2O. The van der Waals surface area contributed by atoms with E-state index >= 15 is 0 Å². The van der Waals surface area contributed by atoms with Gasteiger partial charge in [-0.3, -0.25) is 4.79 Å². The topological polar surface area (TPSA) is 44.1 Å². The number of hydrogen-bond donors (Lipinski definition) is 0. The Kier molecular flexibility index (Phi) is 3.98. The van der Waals surface area contributed by atoms with Gasteiger partial charge in [-0.1, -0.05) is 6.07 Å². The largest absolute Gasteiger partial charge is 0.393 e. The molecule has 1 atom stereocenters. The minimum Gasteiger partial charge on any atom is -0.338 e. The quantitative estimate of drug-likeness (QED) is 0.794. The molecule has 0 aromatic heterocycles. The van der Waals surface area contributed by atoms with E-state index in [1.165, 1.54) is 17.0 Å². The van der Waals surface area contributed by atoms with Crippen molar-refractivity contribution in [3.8, 4) is 6.07 Å². The Labute approximate surface area is 114 Å². The van der Waals surface area contributed by atoms with Crippen LogP contribution in [-0.4, -0.2) is 30.1 Å². The summed E-state index contributed by atoms with van der Waals surface area (Å²) in [5, 5.41) is 8.78. The van der Waals surface area contributed by atoms with Crippen LogP contribution in [0, 0.1) is 17.2 Å². The predicted octanol–water partition coefficient (Wildman–Crippen LogP) is 2.97. The molecule has 0 N–H and O–H groups in total. The van der Waals surface area contributed by atoms with Crippen molar-refractivity contribution in [3.63, 3.8) is 0 Å². The molecule has 1 aliphatic rings. The summed E-state index contributed by atoms with van der Waals surface area (Å²) >= 11 is 0. The van der Waals surface area contributed by atoms with Crippen molar-refractivity contribution in [3.05, 3.63) is 35.4 Å². The molecule has 1 heterocycles. The summed E-state index contributed by atoms with van der Waals surface area (Å²) in [6, 6.07) is 7.92. The number of benzene rings is 1. The van der Waals surface area contributed by atoms with Crippen molar-refractivity contribution in [2.75, 3.05) is 13.1 Å². The van der Waals surface area contributed by atoms with E-state index in [0.717, 1.165) is 0 Å². The number of halogens is 3. The normalized spacial score (nSPS) is 19.5. The molecule has 0 bridgehead atoms. The van der Waals surface area contributed by atoms with Gasteiger partial charge in [0.25, 0.3) is 5.91 Å². The summed E-state index contributed by atoms with van der Waals surface area (Å²) < 4.78 is 38.2. The third kappa shape index (κ3) is 3.10. The first-order valence-corrected chi connectivity index (χ1v) is 6.28. The van der Waals surface area contributed by atoms with Crippen molar-refractivity contribution >= 4 is 5.91 Å². The Morgan fingerprint density at radius 2 is 2.15 bits per heavy atom. The highest BCUT2D eigenvalue weighted by molar-refractivity contribution is 5.94. The van der Waals surface area contributed by atoms with Crippen molar-refractivity contribution in [2.45, 2.75) is 19.0 Å². The van der Waals surface area contributed by atoms with Crippen LogP contribution in [0.3, 0.4) is 0 Å². The number of likely N-dealkylation sites (tertiary alicyclic amines) is 1. The fourth-order valence-electron chi connectivity index (χ4n) is 2.33. The molecule has 20 heavy (non-hydrogen) atoms. The number of rotatable bonds is 1.